The van der Waals surface area contributed by atoms with Crippen LogP contribution in [0.4, 0.5) is 5.13 Å². The van der Waals surface area contributed by atoms with Crippen molar-refractivity contribution in [3.63, 3.8) is 0 Å². The van der Waals surface area contributed by atoms with E-state index in [1.807, 2.05) is 36.7 Å². The van der Waals surface area contributed by atoms with Crippen LogP contribution in [-0.4, -0.2) is 25.5 Å². The monoisotopic (exact) mass is 343 g/mol. The van der Waals surface area contributed by atoms with Crippen LogP contribution in [-0.2, 0) is 7.05 Å². The number of benzene rings is 1. The molecule has 0 spiro atoms. The summed E-state index contributed by atoms with van der Waals surface area (Å²) >= 11 is 3.09. The number of hydrogen-bond acceptors (Lipinski definition) is 6. The van der Waals surface area contributed by atoms with Gasteiger partial charge in [-0.3, -0.25) is 0 Å². The predicted octanol–water partition coefficient (Wildman–Crippen LogP) is 3.63. The maximum Gasteiger partial charge on any atom is 0.191 e. The largest absolute Gasteiger partial charge is 0.375 e. The number of aryl methyl sites for hydroxylation is 1. The standard InChI is InChI=1S/C16H17N5S2/c1-11-13(23-15(17)18-11)14-19-20-16(21(14)2)22-10-6-9-12-7-4-3-5-8-12/h3-9H,10H2,1-2H3,(H2,17,18)/b9-6+. The number of thioether (sulfide) groups is 1. The molecular formula is C16H17N5S2. The molecule has 2 aromatic heterocycles. The van der Waals surface area contributed by atoms with Gasteiger partial charge in [-0.25, -0.2) is 4.98 Å². The lowest BCUT2D eigenvalue weighted by molar-refractivity contribution is 0.795. The van der Waals surface area contributed by atoms with Gasteiger partial charge in [-0.1, -0.05) is 65.6 Å². The number of nitrogen functional groups attached to an aromatic ring is 1. The number of rotatable bonds is 5. The molecule has 23 heavy (non-hydrogen) atoms. The third kappa shape index (κ3) is 3.62. The minimum Gasteiger partial charge on any atom is -0.375 e. The molecule has 0 unspecified atom stereocenters. The van der Waals surface area contributed by atoms with Gasteiger partial charge in [-0.2, -0.15) is 0 Å². The van der Waals surface area contributed by atoms with Gasteiger partial charge in [-0.05, 0) is 12.5 Å². The first-order valence-electron chi connectivity index (χ1n) is 7.12. The Morgan fingerprint density at radius 3 is 2.74 bits per heavy atom. The Bertz CT molecular complexity index is 820. The summed E-state index contributed by atoms with van der Waals surface area (Å²) in [6, 6.07) is 10.2. The molecule has 0 saturated carbocycles. The van der Waals surface area contributed by atoms with E-state index in [1.54, 1.807) is 11.8 Å². The molecule has 118 valence electrons. The van der Waals surface area contributed by atoms with Gasteiger partial charge < -0.3 is 10.3 Å². The molecule has 0 bridgehead atoms. The van der Waals surface area contributed by atoms with Gasteiger partial charge in [0.25, 0.3) is 0 Å². The van der Waals surface area contributed by atoms with Crippen LogP contribution >= 0.6 is 23.1 Å². The molecule has 3 rings (SSSR count). The molecule has 7 heteroatoms. The molecule has 0 aliphatic carbocycles. The zero-order valence-electron chi connectivity index (χ0n) is 12.9. The molecule has 0 aliphatic heterocycles. The molecule has 0 atom stereocenters. The molecule has 0 fully saturated rings. The van der Waals surface area contributed by atoms with Crippen LogP contribution in [0, 0.1) is 6.92 Å². The van der Waals surface area contributed by atoms with E-state index in [1.165, 1.54) is 16.9 Å². The topological polar surface area (TPSA) is 69.6 Å². The van der Waals surface area contributed by atoms with Crippen LogP contribution in [0.3, 0.4) is 0 Å². The first-order chi connectivity index (χ1) is 11.1. The second-order valence-electron chi connectivity index (χ2n) is 4.96. The second-order valence-corrected chi connectivity index (χ2v) is 6.97. The highest BCUT2D eigenvalue weighted by molar-refractivity contribution is 7.99. The van der Waals surface area contributed by atoms with E-state index in [2.05, 4.69) is 39.5 Å². The van der Waals surface area contributed by atoms with E-state index >= 15 is 0 Å². The van der Waals surface area contributed by atoms with Gasteiger partial charge in [0.1, 0.15) is 0 Å². The minimum absolute atomic E-state index is 0.556. The number of aromatic nitrogens is 4. The van der Waals surface area contributed by atoms with Crippen molar-refractivity contribution >= 4 is 34.3 Å². The molecule has 2 N–H and O–H groups in total. The third-order valence-electron chi connectivity index (χ3n) is 3.27. The zero-order chi connectivity index (χ0) is 16.2. The van der Waals surface area contributed by atoms with E-state index in [9.17, 15) is 0 Å². The predicted molar refractivity (Wildman–Crippen MR) is 97.5 cm³/mol. The molecule has 2 heterocycles. The lowest BCUT2D eigenvalue weighted by Gasteiger charge is -2.01. The highest BCUT2D eigenvalue weighted by Crippen LogP contribution is 2.31. The summed E-state index contributed by atoms with van der Waals surface area (Å²) in [6.45, 7) is 1.94. The van der Waals surface area contributed by atoms with Crippen LogP contribution < -0.4 is 5.73 Å². The van der Waals surface area contributed by atoms with Gasteiger partial charge in [0.05, 0.1) is 10.6 Å². The summed E-state index contributed by atoms with van der Waals surface area (Å²) in [5.74, 6) is 1.65. The number of nitrogens with zero attached hydrogens (tertiary/aromatic N) is 4. The van der Waals surface area contributed by atoms with Crippen molar-refractivity contribution in [1.29, 1.82) is 0 Å². The molecule has 0 saturated heterocycles. The fourth-order valence-electron chi connectivity index (χ4n) is 2.13. The Morgan fingerprint density at radius 1 is 1.26 bits per heavy atom. The third-order valence-corrected chi connectivity index (χ3v) is 5.23. The highest BCUT2D eigenvalue weighted by atomic mass is 32.2. The minimum atomic E-state index is 0.556. The molecule has 1 aromatic carbocycles. The molecular weight excluding hydrogens is 326 g/mol. The summed E-state index contributed by atoms with van der Waals surface area (Å²) in [7, 11) is 1.97. The van der Waals surface area contributed by atoms with E-state index in [-0.39, 0.29) is 0 Å². The number of nitrogens with two attached hydrogens (primary N) is 1. The fraction of sp³-hybridized carbons (Fsp3) is 0.188. The summed E-state index contributed by atoms with van der Waals surface area (Å²) in [5, 5.41) is 9.98. The van der Waals surface area contributed by atoms with E-state index in [0.717, 1.165) is 27.3 Å². The molecule has 0 radical (unpaired) electrons. The quantitative estimate of drug-likeness (QED) is 0.716. The molecule has 0 aliphatic rings. The van der Waals surface area contributed by atoms with E-state index < -0.39 is 0 Å². The second kappa shape index (κ2) is 6.97. The van der Waals surface area contributed by atoms with Gasteiger partial charge >= 0.3 is 0 Å². The van der Waals surface area contributed by atoms with Crippen molar-refractivity contribution in [2.24, 2.45) is 7.05 Å². The Morgan fingerprint density at radius 2 is 2.04 bits per heavy atom. The van der Waals surface area contributed by atoms with Crippen molar-refractivity contribution in [3.8, 4) is 10.7 Å². The average Bonchev–Trinajstić information content (AvgIpc) is 3.07. The van der Waals surface area contributed by atoms with Gasteiger partial charge in [0.15, 0.2) is 16.1 Å². The van der Waals surface area contributed by atoms with Gasteiger partial charge in [0.2, 0.25) is 0 Å². The maximum atomic E-state index is 5.76. The summed E-state index contributed by atoms with van der Waals surface area (Å²) in [6.07, 6.45) is 4.24. The number of thiazole rings is 1. The summed E-state index contributed by atoms with van der Waals surface area (Å²) in [5.41, 5.74) is 7.85. The van der Waals surface area contributed by atoms with Crippen molar-refractivity contribution in [2.75, 3.05) is 11.5 Å². The van der Waals surface area contributed by atoms with Crippen molar-refractivity contribution in [3.05, 3.63) is 47.7 Å². The van der Waals surface area contributed by atoms with Crippen molar-refractivity contribution in [1.82, 2.24) is 19.7 Å². The first kappa shape index (κ1) is 15.8. The van der Waals surface area contributed by atoms with Gasteiger partial charge in [-0.15, -0.1) is 10.2 Å². The van der Waals surface area contributed by atoms with Gasteiger partial charge in [0, 0.05) is 12.8 Å². The Kier molecular flexibility index (Phi) is 4.78. The Hall–Kier alpha value is -2.12. The van der Waals surface area contributed by atoms with E-state index in [4.69, 9.17) is 5.73 Å². The first-order valence-corrected chi connectivity index (χ1v) is 8.92. The van der Waals surface area contributed by atoms with E-state index in [0.29, 0.717) is 5.13 Å². The average molecular weight is 343 g/mol. The SMILES string of the molecule is Cc1nc(N)sc1-c1nnc(SC/C=C/c2ccccc2)n1C. The summed E-state index contributed by atoms with van der Waals surface area (Å²) < 4.78 is 1.99. The smallest absolute Gasteiger partial charge is 0.191 e. The zero-order valence-corrected chi connectivity index (χ0v) is 14.6. The number of anilines is 1. The van der Waals surface area contributed by atoms with Crippen LogP contribution in [0.1, 0.15) is 11.3 Å². The Labute approximate surface area is 143 Å². The maximum absolute atomic E-state index is 5.76. The fourth-order valence-corrected chi connectivity index (χ4v) is 3.71. The Balaban J connectivity index is 1.68. The van der Waals surface area contributed by atoms with Crippen molar-refractivity contribution in [2.45, 2.75) is 12.1 Å². The lowest BCUT2D eigenvalue weighted by atomic mass is 10.2. The van der Waals surface area contributed by atoms with Crippen molar-refractivity contribution < 1.29 is 0 Å². The molecule has 3 aromatic rings. The lowest BCUT2D eigenvalue weighted by Crippen LogP contribution is -1.94. The molecule has 0 amide bonds. The molecule has 5 nitrogen and oxygen atoms in total. The normalized spacial score (nSPS) is 11.4. The van der Waals surface area contributed by atoms with Crippen LogP contribution in [0.25, 0.3) is 16.8 Å². The van der Waals surface area contributed by atoms with Crippen LogP contribution in [0.5, 0.6) is 0 Å². The van der Waals surface area contributed by atoms with Crippen LogP contribution in [0.2, 0.25) is 0 Å². The highest BCUT2D eigenvalue weighted by Gasteiger charge is 2.16. The van der Waals surface area contributed by atoms with Crippen LogP contribution in [0.15, 0.2) is 41.6 Å². The number of hydrogen-bond donors (Lipinski definition) is 1. The summed E-state index contributed by atoms with van der Waals surface area (Å²) in [4.78, 5) is 5.22.